The number of hydrogen-bond acceptors (Lipinski definition) is 6. The summed E-state index contributed by atoms with van der Waals surface area (Å²) in [6.07, 6.45) is 3.63. The highest BCUT2D eigenvalue weighted by atomic mass is 16.7. The number of nitrogens with zero attached hydrogens (tertiary/aromatic N) is 2. The largest absolute Gasteiger partial charge is 0.507 e. The Bertz CT molecular complexity index is 627. The Labute approximate surface area is 122 Å². The molecule has 0 fully saturated rings. The highest BCUT2D eigenvalue weighted by Crippen LogP contribution is 2.37. The number of methoxy groups -OCH3 is 1. The lowest BCUT2D eigenvalue weighted by Crippen LogP contribution is -2.04. The van der Waals surface area contributed by atoms with E-state index >= 15 is 0 Å². The van der Waals surface area contributed by atoms with Crippen molar-refractivity contribution >= 4 is 5.69 Å². The Kier molecular flexibility index (Phi) is 3.83. The first kappa shape index (κ1) is 13.6. The first-order chi connectivity index (χ1) is 10.3. The van der Waals surface area contributed by atoms with E-state index in [1.165, 1.54) is 0 Å². The zero-order chi connectivity index (χ0) is 14.7. The van der Waals surface area contributed by atoms with Crippen molar-refractivity contribution in [3.8, 4) is 17.2 Å². The summed E-state index contributed by atoms with van der Waals surface area (Å²) < 4.78 is 17.3. The molecule has 21 heavy (non-hydrogen) atoms. The quantitative estimate of drug-likeness (QED) is 0.841. The van der Waals surface area contributed by atoms with Gasteiger partial charge in [0.2, 0.25) is 6.79 Å². The molecule has 7 heteroatoms. The van der Waals surface area contributed by atoms with Gasteiger partial charge in [-0.1, -0.05) is 0 Å². The highest BCUT2D eigenvalue weighted by Gasteiger charge is 2.16. The molecule has 0 unspecified atom stereocenters. The van der Waals surface area contributed by atoms with Crippen molar-refractivity contribution in [2.24, 2.45) is 0 Å². The second-order valence-corrected chi connectivity index (χ2v) is 4.67. The van der Waals surface area contributed by atoms with Crippen LogP contribution in [0.3, 0.4) is 0 Å². The molecule has 2 heterocycles. The summed E-state index contributed by atoms with van der Waals surface area (Å²) >= 11 is 0. The number of aromatic nitrogens is 2. The van der Waals surface area contributed by atoms with Gasteiger partial charge in [0.1, 0.15) is 5.75 Å². The summed E-state index contributed by atoms with van der Waals surface area (Å²) in [6.45, 7) is 1.98. The van der Waals surface area contributed by atoms with Gasteiger partial charge >= 0.3 is 0 Å². The second kappa shape index (κ2) is 5.92. The molecule has 112 valence electrons. The summed E-state index contributed by atoms with van der Waals surface area (Å²) in [5.74, 6) is 1.41. The van der Waals surface area contributed by atoms with Crippen LogP contribution in [0.15, 0.2) is 24.5 Å². The lowest BCUT2D eigenvalue weighted by molar-refractivity contribution is 0.174. The van der Waals surface area contributed by atoms with E-state index in [2.05, 4.69) is 10.4 Å². The number of hydrogen-bond donors (Lipinski definition) is 2. The molecule has 0 spiro atoms. The number of phenols is 1. The fraction of sp³-hybridized carbons (Fsp3) is 0.357. The van der Waals surface area contributed by atoms with Crippen LogP contribution in [0, 0.1) is 0 Å². The minimum absolute atomic E-state index is 0.179. The summed E-state index contributed by atoms with van der Waals surface area (Å²) in [5, 5.41) is 17.4. The Balaban J connectivity index is 1.63. The van der Waals surface area contributed by atoms with Crippen molar-refractivity contribution in [3.05, 3.63) is 30.1 Å². The van der Waals surface area contributed by atoms with E-state index in [1.54, 1.807) is 30.1 Å². The highest BCUT2D eigenvalue weighted by molar-refractivity contribution is 5.52. The summed E-state index contributed by atoms with van der Waals surface area (Å²) in [6, 6.07) is 3.35. The van der Waals surface area contributed by atoms with Gasteiger partial charge < -0.3 is 24.6 Å². The van der Waals surface area contributed by atoms with Gasteiger partial charge in [-0.05, 0) is 6.07 Å². The molecule has 1 aromatic heterocycles. The number of ether oxygens (including phenoxy) is 3. The summed E-state index contributed by atoms with van der Waals surface area (Å²) in [7, 11) is 1.66. The maximum Gasteiger partial charge on any atom is 0.231 e. The molecule has 0 atom stereocenters. The van der Waals surface area contributed by atoms with Crippen molar-refractivity contribution in [2.45, 2.75) is 13.1 Å². The molecule has 0 amide bonds. The van der Waals surface area contributed by atoms with Crippen LogP contribution in [0.2, 0.25) is 0 Å². The van der Waals surface area contributed by atoms with E-state index < -0.39 is 0 Å². The third-order valence-corrected chi connectivity index (χ3v) is 3.21. The van der Waals surface area contributed by atoms with Crippen LogP contribution in [-0.2, 0) is 17.8 Å². The number of rotatable bonds is 6. The molecule has 0 aliphatic carbocycles. The number of anilines is 1. The van der Waals surface area contributed by atoms with Crippen LogP contribution in [0.25, 0.3) is 0 Å². The monoisotopic (exact) mass is 291 g/mol. The maximum absolute atomic E-state index is 9.96. The van der Waals surface area contributed by atoms with Crippen molar-refractivity contribution < 1.29 is 19.3 Å². The van der Waals surface area contributed by atoms with E-state index in [4.69, 9.17) is 14.2 Å². The average molecular weight is 291 g/mol. The molecule has 1 aromatic carbocycles. The van der Waals surface area contributed by atoms with Crippen molar-refractivity contribution in [3.63, 3.8) is 0 Å². The third-order valence-electron chi connectivity index (χ3n) is 3.21. The van der Waals surface area contributed by atoms with Crippen LogP contribution in [0.4, 0.5) is 5.69 Å². The van der Waals surface area contributed by atoms with Crippen molar-refractivity contribution in [1.82, 2.24) is 9.78 Å². The molecule has 2 aromatic rings. The van der Waals surface area contributed by atoms with Crippen LogP contribution >= 0.6 is 0 Å². The standard InChI is InChI=1S/C14H17N3O4/c1-19-3-2-17-8-11(7-16-17)15-6-10-4-13-14(5-12(10)18)21-9-20-13/h4-5,7-8,15,18H,2-3,6,9H2,1H3. The van der Waals surface area contributed by atoms with Crippen LogP contribution in [-0.4, -0.2) is 35.4 Å². The predicted octanol–water partition coefficient (Wildman–Crippen LogP) is 1.58. The van der Waals surface area contributed by atoms with E-state index in [9.17, 15) is 5.11 Å². The Morgan fingerprint density at radius 1 is 1.38 bits per heavy atom. The number of phenolic OH excluding ortho intramolecular Hbond substituents is 1. The zero-order valence-electron chi connectivity index (χ0n) is 11.7. The molecule has 2 N–H and O–H groups in total. The average Bonchev–Trinajstić information content (AvgIpc) is 3.11. The van der Waals surface area contributed by atoms with Gasteiger partial charge in [0.25, 0.3) is 0 Å². The lowest BCUT2D eigenvalue weighted by Gasteiger charge is -2.07. The summed E-state index contributed by atoms with van der Waals surface area (Å²) in [4.78, 5) is 0. The van der Waals surface area contributed by atoms with Crippen LogP contribution in [0.1, 0.15) is 5.56 Å². The molecular weight excluding hydrogens is 274 g/mol. The van der Waals surface area contributed by atoms with Gasteiger partial charge in [0.15, 0.2) is 11.5 Å². The molecule has 0 saturated carbocycles. The van der Waals surface area contributed by atoms with E-state index in [-0.39, 0.29) is 12.5 Å². The van der Waals surface area contributed by atoms with Crippen LogP contribution in [0.5, 0.6) is 17.2 Å². The fourth-order valence-corrected chi connectivity index (χ4v) is 2.07. The number of nitrogens with one attached hydrogen (secondary N) is 1. The normalized spacial score (nSPS) is 12.6. The number of fused-ring (bicyclic) bond motifs is 1. The van der Waals surface area contributed by atoms with Gasteiger partial charge in [-0.15, -0.1) is 0 Å². The molecule has 0 radical (unpaired) electrons. The first-order valence-corrected chi connectivity index (χ1v) is 6.63. The molecule has 1 aliphatic rings. The van der Waals surface area contributed by atoms with Crippen molar-refractivity contribution in [2.75, 3.05) is 25.8 Å². The molecule has 0 saturated heterocycles. The maximum atomic E-state index is 9.96. The summed E-state index contributed by atoms with van der Waals surface area (Å²) in [5.41, 5.74) is 1.62. The lowest BCUT2D eigenvalue weighted by atomic mass is 10.1. The predicted molar refractivity (Wildman–Crippen MR) is 75.7 cm³/mol. The molecular formula is C14H17N3O4. The first-order valence-electron chi connectivity index (χ1n) is 6.63. The second-order valence-electron chi connectivity index (χ2n) is 4.67. The topological polar surface area (TPSA) is 77.8 Å². The van der Waals surface area contributed by atoms with Gasteiger partial charge in [-0.3, -0.25) is 4.68 Å². The molecule has 3 rings (SSSR count). The SMILES string of the molecule is COCCn1cc(NCc2cc3c(cc2O)OCO3)cn1. The van der Waals surface area contributed by atoms with Gasteiger partial charge in [0.05, 0.1) is 25.0 Å². The number of aromatic hydroxyl groups is 1. The minimum atomic E-state index is 0.179. The molecule has 7 nitrogen and oxygen atoms in total. The molecule has 0 bridgehead atoms. The van der Waals surface area contributed by atoms with Gasteiger partial charge in [-0.2, -0.15) is 5.10 Å². The third kappa shape index (κ3) is 3.03. The minimum Gasteiger partial charge on any atom is -0.507 e. The number of benzene rings is 1. The zero-order valence-corrected chi connectivity index (χ0v) is 11.7. The Morgan fingerprint density at radius 2 is 2.19 bits per heavy atom. The van der Waals surface area contributed by atoms with E-state index in [0.717, 1.165) is 11.3 Å². The van der Waals surface area contributed by atoms with E-state index in [1.807, 2.05) is 6.20 Å². The smallest absolute Gasteiger partial charge is 0.231 e. The van der Waals surface area contributed by atoms with Gasteiger partial charge in [-0.25, -0.2) is 0 Å². The Morgan fingerprint density at radius 3 is 3.00 bits per heavy atom. The van der Waals surface area contributed by atoms with Gasteiger partial charge in [0, 0.05) is 31.5 Å². The Hall–Kier alpha value is -2.41. The van der Waals surface area contributed by atoms with Crippen molar-refractivity contribution in [1.29, 1.82) is 0 Å². The van der Waals surface area contributed by atoms with Crippen LogP contribution < -0.4 is 14.8 Å². The molecule has 1 aliphatic heterocycles. The van der Waals surface area contributed by atoms with E-state index in [0.29, 0.717) is 31.2 Å². The fourth-order valence-electron chi connectivity index (χ4n) is 2.07.